The van der Waals surface area contributed by atoms with Crippen LogP contribution in [0, 0.1) is 0 Å². The average molecular weight is 500 g/mol. The first-order valence-corrected chi connectivity index (χ1v) is 11.7. The molecular formula is C21H17ClF3N3O4S. The van der Waals surface area contributed by atoms with Gasteiger partial charge in [-0.2, -0.15) is 18.2 Å². The molecule has 12 heteroatoms. The molecule has 0 unspecified atom stereocenters. The summed E-state index contributed by atoms with van der Waals surface area (Å²) in [5, 5.41) is 3.07. The lowest BCUT2D eigenvalue weighted by Crippen LogP contribution is -2.32. The number of alkyl halides is 3. The van der Waals surface area contributed by atoms with Gasteiger partial charge in [0.25, 0.3) is 0 Å². The number of hydrogen-bond acceptors (Lipinski definition) is 6. The van der Waals surface area contributed by atoms with Gasteiger partial charge in [0.1, 0.15) is 0 Å². The SMILES string of the molecule is O=C(Cc1ccc(Cl)cc1)N1CC[C@H](S(=O)(=O)c2ccc(-c3noc(C(F)(F)F)n3)cc2)C1. The van der Waals surface area contributed by atoms with Gasteiger partial charge in [-0.3, -0.25) is 4.79 Å². The van der Waals surface area contributed by atoms with Crippen molar-refractivity contribution in [3.63, 3.8) is 0 Å². The molecule has 174 valence electrons. The van der Waals surface area contributed by atoms with E-state index in [1.807, 2.05) is 0 Å². The molecule has 0 aliphatic carbocycles. The molecule has 1 saturated heterocycles. The molecule has 3 aromatic rings. The van der Waals surface area contributed by atoms with Crippen molar-refractivity contribution >= 4 is 27.3 Å². The van der Waals surface area contributed by atoms with Crippen molar-refractivity contribution in [3.8, 4) is 11.4 Å². The summed E-state index contributed by atoms with van der Waals surface area (Å²) in [4.78, 5) is 17.4. The first kappa shape index (κ1) is 23.2. The van der Waals surface area contributed by atoms with Crippen LogP contribution < -0.4 is 0 Å². The van der Waals surface area contributed by atoms with Crippen molar-refractivity contribution in [2.24, 2.45) is 0 Å². The van der Waals surface area contributed by atoms with Gasteiger partial charge in [-0.05, 0) is 48.4 Å². The van der Waals surface area contributed by atoms with Gasteiger partial charge >= 0.3 is 12.1 Å². The maximum Gasteiger partial charge on any atom is 0.471 e. The molecule has 0 saturated carbocycles. The molecule has 1 aromatic heterocycles. The highest BCUT2D eigenvalue weighted by Crippen LogP contribution is 2.30. The van der Waals surface area contributed by atoms with Crippen molar-refractivity contribution in [3.05, 3.63) is 65.0 Å². The summed E-state index contributed by atoms with van der Waals surface area (Å²) >= 11 is 5.85. The molecule has 2 aromatic carbocycles. The molecule has 4 rings (SSSR count). The van der Waals surface area contributed by atoms with E-state index in [2.05, 4.69) is 14.7 Å². The Hall–Kier alpha value is -2.92. The summed E-state index contributed by atoms with van der Waals surface area (Å²) in [6.45, 7) is 0.383. The standard InChI is InChI=1S/C21H17ClF3N3O4S/c22-15-5-1-13(2-6-15)11-18(29)28-10-9-17(12-28)33(30,31)16-7-3-14(4-8-16)19-26-20(32-27-19)21(23,24)25/h1-8,17H,9-12H2/t17-/m0/s1. The zero-order valence-corrected chi connectivity index (χ0v) is 18.5. The van der Waals surface area contributed by atoms with Crippen LogP contribution in [-0.4, -0.2) is 47.7 Å². The molecule has 1 atom stereocenters. The molecular weight excluding hydrogens is 483 g/mol. The van der Waals surface area contributed by atoms with Crippen LogP contribution in [0.3, 0.4) is 0 Å². The maximum absolute atomic E-state index is 13.0. The number of sulfone groups is 1. The lowest BCUT2D eigenvalue weighted by molar-refractivity contribution is -0.159. The Labute approximate surface area is 192 Å². The predicted octanol–water partition coefficient (Wildman–Crippen LogP) is 4.03. The summed E-state index contributed by atoms with van der Waals surface area (Å²) in [7, 11) is -3.76. The van der Waals surface area contributed by atoms with Crippen molar-refractivity contribution in [2.75, 3.05) is 13.1 Å². The van der Waals surface area contributed by atoms with Crippen LogP contribution in [0.4, 0.5) is 13.2 Å². The Morgan fingerprint density at radius 1 is 1.12 bits per heavy atom. The highest BCUT2D eigenvalue weighted by atomic mass is 35.5. The normalized spacial score (nSPS) is 16.8. The average Bonchev–Trinajstić information content (AvgIpc) is 3.46. The Kier molecular flexibility index (Phi) is 6.19. The van der Waals surface area contributed by atoms with Crippen LogP contribution >= 0.6 is 11.6 Å². The number of halogens is 4. The molecule has 1 fully saturated rings. The fraction of sp³-hybridized carbons (Fsp3) is 0.286. The second-order valence-corrected chi connectivity index (χ2v) is 10.2. The number of rotatable bonds is 5. The summed E-state index contributed by atoms with van der Waals surface area (Å²) in [5.41, 5.74) is 0.959. The van der Waals surface area contributed by atoms with Crippen LogP contribution in [0.5, 0.6) is 0 Å². The number of carbonyl (C=O) groups is 1. The van der Waals surface area contributed by atoms with Crippen molar-refractivity contribution in [2.45, 2.75) is 29.2 Å². The molecule has 0 N–H and O–H groups in total. The number of carbonyl (C=O) groups excluding carboxylic acids is 1. The highest BCUT2D eigenvalue weighted by Gasteiger charge is 2.39. The van der Waals surface area contributed by atoms with Gasteiger partial charge in [0.05, 0.1) is 16.6 Å². The molecule has 7 nitrogen and oxygen atoms in total. The van der Waals surface area contributed by atoms with E-state index in [1.165, 1.54) is 29.2 Å². The Morgan fingerprint density at radius 3 is 2.39 bits per heavy atom. The van der Waals surface area contributed by atoms with Crippen LogP contribution in [0.15, 0.2) is 57.9 Å². The molecule has 33 heavy (non-hydrogen) atoms. The topological polar surface area (TPSA) is 93.4 Å². The largest absolute Gasteiger partial charge is 0.471 e. The van der Waals surface area contributed by atoms with Gasteiger partial charge in [-0.1, -0.05) is 28.9 Å². The van der Waals surface area contributed by atoms with Crippen LogP contribution in [0.2, 0.25) is 5.02 Å². The number of likely N-dealkylation sites (tertiary alicyclic amines) is 1. The summed E-state index contributed by atoms with van der Waals surface area (Å²) < 4.78 is 68.1. The van der Waals surface area contributed by atoms with Gasteiger partial charge in [0.15, 0.2) is 9.84 Å². The Bertz CT molecular complexity index is 1260. The molecule has 0 bridgehead atoms. The fourth-order valence-electron chi connectivity index (χ4n) is 3.54. The van der Waals surface area contributed by atoms with E-state index in [0.29, 0.717) is 11.6 Å². The van der Waals surface area contributed by atoms with Gasteiger partial charge in [0.2, 0.25) is 11.7 Å². The number of nitrogens with zero attached hydrogens (tertiary/aromatic N) is 3. The smallest absolute Gasteiger partial charge is 0.341 e. The summed E-state index contributed by atoms with van der Waals surface area (Å²) in [5.74, 6) is -1.96. The third-order valence-electron chi connectivity index (χ3n) is 5.31. The minimum Gasteiger partial charge on any atom is -0.341 e. The van der Waals surface area contributed by atoms with E-state index in [4.69, 9.17) is 11.6 Å². The first-order chi connectivity index (χ1) is 15.5. The molecule has 1 aliphatic rings. The Morgan fingerprint density at radius 2 is 1.79 bits per heavy atom. The van der Waals surface area contributed by atoms with Crippen LogP contribution in [-0.2, 0) is 27.2 Å². The second-order valence-electron chi connectivity index (χ2n) is 7.54. The number of hydrogen-bond donors (Lipinski definition) is 0. The van der Waals surface area contributed by atoms with E-state index in [0.717, 1.165) is 5.56 Å². The fourth-order valence-corrected chi connectivity index (χ4v) is 5.36. The van der Waals surface area contributed by atoms with Gasteiger partial charge in [0, 0.05) is 23.7 Å². The third kappa shape index (κ3) is 5.03. The lowest BCUT2D eigenvalue weighted by Gasteiger charge is -2.17. The molecule has 1 amide bonds. The van der Waals surface area contributed by atoms with E-state index in [1.54, 1.807) is 24.3 Å². The molecule has 2 heterocycles. The number of amides is 1. The third-order valence-corrected chi connectivity index (χ3v) is 7.76. The number of benzene rings is 2. The monoisotopic (exact) mass is 499 g/mol. The van der Waals surface area contributed by atoms with E-state index >= 15 is 0 Å². The predicted molar refractivity (Wildman–Crippen MR) is 112 cm³/mol. The minimum atomic E-state index is -4.77. The maximum atomic E-state index is 13.0. The quantitative estimate of drug-likeness (QED) is 0.526. The van der Waals surface area contributed by atoms with Crippen LogP contribution in [0.25, 0.3) is 11.4 Å². The second kappa shape index (κ2) is 8.79. The minimum absolute atomic E-state index is 0.00258. The number of aromatic nitrogens is 2. The zero-order valence-electron chi connectivity index (χ0n) is 16.9. The molecule has 0 radical (unpaired) electrons. The highest BCUT2D eigenvalue weighted by molar-refractivity contribution is 7.92. The molecule has 0 spiro atoms. The van der Waals surface area contributed by atoms with Crippen molar-refractivity contribution < 1.29 is 30.9 Å². The van der Waals surface area contributed by atoms with Crippen molar-refractivity contribution in [1.82, 2.24) is 15.0 Å². The van der Waals surface area contributed by atoms with Crippen molar-refractivity contribution in [1.29, 1.82) is 0 Å². The van der Waals surface area contributed by atoms with E-state index < -0.39 is 27.2 Å². The Balaban J connectivity index is 1.43. The summed E-state index contributed by atoms with van der Waals surface area (Å²) in [6, 6.07) is 12.1. The zero-order chi connectivity index (χ0) is 23.8. The van der Waals surface area contributed by atoms with Gasteiger partial charge < -0.3 is 9.42 Å². The first-order valence-electron chi connectivity index (χ1n) is 9.81. The van der Waals surface area contributed by atoms with Gasteiger partial charge in [-0.15, -0.1) is 0 Å². The van der Waals surface area contributed by atoms with E-state index in [-0.39, 0.29) is 41.6 Å². The van der Waals surface area contributed by atoms with Gasteiger partial charge in [-0.25, -0.2) is 8.42 Å². The lowest BCUT2D eigenvalue weighted by atomic mass is 10.1. The summed E-state index contributed by atoms with van der Waals surface area (Å²) in [6.07, 6.45) is -4.34. The van der Waals surface area contributed by atoms with Crippen LogP contribution in [0.1, 0.15) is 17.9 Å². The van der Waals surface area contributed by atoms with E-state index in [9.17, 15) is 26.4 Å². The molecule has 1 aliphatic heterocycles.